The Kier molecular flexibility index (Phi) is 19.4. The summed E-state index contributed by atoms with van der Waals surface area (Å²) in [5, 5.41) is 0. The molecule has 2 unspecified atom stereocenters. The maximum Gasteiger partial charge on any atom is 0.330 e. The van der Waals surface area contributed by atoms with Crippen LogP contribution in [0, 0.1) is 22.7 Å². The molecule has 0 aromatic heterocycles. The minimum atomic E-state index is -1.61. The van der Waals surface area contributed by atoms with Crippen molar-refractivity contribution in [2.45, 2.75) is 25.7 Å². The Balaban J connectivity index is 3.32. The van der Waals surface area contributed by atoms with Gasteiger partial charge in [0.05, 0.1) is 11.8 Å². The minimum Gasteiger partial charge on any atom is -0.464 e. The molecule has 2 atom stereocenters. The number of ether oxygens (including phenoxy) is 8. The molecule has 0 N–H and O–H groups in total. The molecule has 16 heteroatoms. The Labute approximate surface area is 301 Å². The number of esters is 8. The van der Waals surface area contributed by atoms with Gasteiger partial charge in [0.25, 0.3) is 0 Å². The number of hydrogen-bond acceptors (Lipinski definition) is 16. The van der Waals surface area contributed by atoms with E-state index < -0.39 is 123 Å². The van der Waals surface area contributed by atoms with E-state index in [0.29, 0.717) is 12.8 Å². The molecule has 16 nitrogen and oxygen atoms in total. The van der Waals surface area contributed by atoms with E-state index in [1.807, 2.05) is 0 Å². The Bertz CT molecular complexity index is 1170. The molecule has 0 aliphatic heterocycles. The summed E-state index contributed by atoms with van der Waals surface area (Å²) in [6, 6.07) is 0. The van der Waals surface area contributed by atoms with Crippen LogP contribution in [-0.2, 0) is 76.3 Å². The lowest BCUT2D eigenvalue weighted by Gasteiger charge is -2.34. The highest BCUT2D eigenvalue weighted by molar-refractivity contribution is 5.84. The first-order chi connectivity index (χ1) is 24.7. The summed E-state index contributed by atoms with van der Waals surface area (Å²) in [4.78, 5) is 98.7. The van der Waals surface area contributed by atoms with Crippen molar-refractivity contribution < 1.29 is 76.3 Å². The van der Waals surface area contributed by atoms with Gasteiger partial charge < -0.3 is 37.9 Å². The SMILES string of the molecule is C=CC(=O)OCC(COC(=O)C=C)(COC(=O)C=C)COC(=O)C1CCCCC1C(=O)OCC(COC(=O)C=C)(COC(=O)C=C)COC(=O)C=C. The van der Waals surface area contributed by atoms with Crippen LogP contribution in [0.15, 0.2) is 75.9 Å². The molecule has 0 saturated heterocycles. The van der Waals surface area contributed by atoms with Gasteiger partial charge in [-0.15, -0.1) is 0 Å². The molecule has 0 radical (unpaired) electrons. The van der Waals surface area contributed by atoms with Crippen molar-refractivity contribution in [3.63, 3.8) is 0 Å². The van der Waals surface area contributed by atoms with E-state index in [0.717, 1.165) is 36.5 Å². The molecular formula is C36H44O16. The van der Waals surface area contributed by atoms with Crippen LogP contribution >= 0.6 is 0 Å². The molecule has 1 fully saturated rings. The van der Waals surface area contributed by atoms with E-state index in [9.17, 15) is 38.4 Å². The van der Waals surface area contributed by atoms with Crippen LogP contribution in [0.1, 0.15) is 25.7 Å². The van der Waals surface area contributed by atoms with Gasteiger partial charge in [0, 0.05) is 36.5 Å². The third-order valence-corrected chi connectivity index (χ3v) is 7.54. The van der Waals surface area contributed by atoms with E-state index in [2.05, 4.69) is 39.5 Å². The first kappa shape index (κ1) is 44.2. The summed E-state index contributed by atoms with van der Waals surface area (Å²) in [6.45, 7) is 15.3. The summed E-state index contributed by atoms with van der Waals surface area (Å²) < 4.78 is 42.1. The Hall–Kier alpha value is -5.80. The van der Waals surface area contributed by atoms with Crippen LogP contribution in [0.3, 0.4) is 0 Å². The van der Waals surface area contributed by atoms with E-state index >= 15 is 0 Å². The lowest BCUT2D eigenvalue weighted by atomic mass is 9.79. The van der Waals surface area contributed by atoms with Gasteiger partial charge in [-0.05, 0) is 12.8 Å². The van der Waals surface area contributed by atoms with Crippen molar-refractivity contribution in [3.8, 4) is 0 Å². The number of rotatable bonds is 24. The normalized spacial score (nSPS) is 15.2. The summed E-state index contributed by atoms with van der Waals surface area (Å²) in [5.74, 6) is -9.05. The number of carbonyl (C=O) groups excluding carboxylic acids is 8. The smallest absolute Gasteiger partial charge is 0.330 e. The van der Waals surface area contributed by atoms with Crippen molar-refractivity contribution in [3.05, 3.63) is 75.9 Å². The Morgan fingerprint density at radius 2 is 0.577 bits per heavy atom. The van der Waals surface area contributed by atoms with Crippen LogP contribution in [0.2, 0.25) is 0 Å². The molecule has 0 bridgehead atoms. The average Bonchev–Trinajstić information content (AvgIpc) is 3.18. The Morgan fingerprint density at radius 3 is 0.769 bits per heavy atom. The second kappa shape index (κ2) is 22.8. The lowest BCUT2D eigenvalue weighted by molar-refractivity contribution is -0.178. The second-order valence-corrected chi connectivity index (χ2v) is 11.6. The van der Waals surface area contributed by atoms with Crippen LogP contribution in [0.4, 0.5) is 0 Å². The maximum absolute atomic E-state index is 13.6. The summed E-state index contributed by atoms with van der Waals surface area (Å²) in [6.07, 6.45) is 6.67. The van der Waals surface area contributed by atoms with Gasteiger partial charge in [0.15, 0.2) is 0 Å². The van der Waals surface area contributed by atoms with Gasteiger partial charge in [-0.3, -0.25) is 9.59 Å². The largest absolute Gasteiger partial charge is 0.464 e. The topological polar surface area (TPSA) is 210 Å². The van der Waals surface area contributed by atoms with Crippen molar-refractivity contribution in [1.82, 2.24) is 0 Å². The molecule has 1 rings (SSSR count). The van der Waals surface area contributed by atoms with Gasteiger partial charge in [0.2, 0.25) is 0 Å². The first-order valence-corrected chi connectivity index (χ1v) is 15.8. The van der Waals surface area contributed by atoms with Gasteiger partial charge in [-0.1, -0.05) is 52.3 Å². The van der Waals surface area contributed by atoms with Crippen LogP contribution < -0.4 is 0 Å². The third kappa shape index (κ3) is 15.4. The standard InChI is InChI=1S/C36H44O16/c1-7-27(37)45-17-35(18-46-28(38)8-2,19-47-29(39)9-3)23-51-33(43)25-15-13-14-16-26(25)34(44)52-24-36(20-48-30(40)10-4,21-49-31(41)11-5)22-50-32(42)12-6/h7-12,25-26H,1-6,13-24H2. The van der Waals surface area contributed by atoms with E-state index in [4.69, 9.17) is 37.9 Å². The van der Waals surface area contributed by atoms with Crippen molar-refractivity contribution in [2.24, 2.45) is 22.7 Å². The lowest BCUT2D eigenvalue weighted by Crippen LogP contribution is -2.46. The highest BCUT2D eigenvalue weighted by atomic mass is 16.6. The molecule has 284 valence electrons. The second-order valence-electron chi connectivity index (χ2n) is 11.6. The van der Waals surface area contributed by atoms with Gasteiger partial charge >= 0.3 is 47.8 Å². The molecular weight excluding hydrogens is 688 g/mol. The van der Waals surface area contributed by atoms with Crippen LogP contribution in [0.5, 0.6) is 0 Å². The summed E-state index contributed by atoms with van der Waals surface area (Å²) in [7, 11) is 0. The van der Waals surface area contributed by atoms with E-state index in [1.54, 1.807) is 0 Å². The van der Waals surface area contributed by atoms with E-state index in [-0.39, 0.29) is 12.8 Å². The summed E-state index contributed by atoms with van der Waals surface area (Å²) >= 11 is 0. The maximum atomic E-state index is 13.6. The summed E-state index contributed by atoms with van der Waals surface area (Å²) in [5.41, 5.74) is -3.21. The fourth-order valence-corrected chi connectivity index (χ4v) is 4.56. The predicted octanol–water partition coefficient (Wildman–Crippen LogP) is 2.23. The monoisotopic (exact) mass is 732 g/mol. The van der Waals surface area contributed by atoms with Crippen molar-refractivity contribution in [2.75, 3.05) is 52.9 Å². The fraction of sp³-hybridized carbons (Fsp3) is 0.444. The quantitative estimate of drug-likeness (QED) is 0.0791. The predicted molar refractivity (Wildman–Crippen MR) is 179 cm³/mol. The van der Waals surface area contributed by atoms with Crippen molar-refractivity contribution >= 4 is 47.8 Å². The zero-order valence-electron chi connectivity index (χ0n) is 28.9. The molecule has 1 saturated carbocycles. The molecule has 0 amide bonds. The number of carbonyl (C=O) groups is 8. The Morgan fingerprint density at radius 1 is 0.385 bits per heavy atom. The fourth-order valence-electron chi connectivity index (χ4n) is 4.56. The first-order valence-electron chi connectivity index (χ1n) is 15.8. The number of hydrogen-bond donors (Lipinski definition) is 0. The highest BCUT2D eigenvalue weighted by Gasteiger charge is 2.43. The zero-order valence-corrected chi connectivity index (χ0v) is 28.9. The van der Waals surface area contributed by atoms with Crippen LogP contribution in [-0.4, -0.2) is 101 Å². The molecule has 0 heterocycles. The average molecular weight is 733 g/mol. The van der Waals surface area contributed by atoms with Gasteiger partial charge in [-0.25, -0.2) is 28.8 Å². The van der Waals surface area contributed by atoms with E-state index in [1.165, 1.54) is 0 Å². The van der Waals surface area contributed by atoms with Crippen LogP contribution in [0.25, 0.3) is 0 Å². The molecule has 0 aromatic rings. The highest BCUT2D eigenvalue weighted by Crippen LogP contribution is 2.34. The molecule has 52 heavy (non-hydrogen) atoms. The third-order valence-electron chi connectivity index (χ3n) is 7.54. The molecule has 0 spiro atoms. The molecule has 1 aliphatic rings. The van der Waals surface area contributed by atoms with Crippen molar-refractivity contribution in [1.29, 1.82) is 0 Å². The minimum absolute atomic E-state index is 0.198. The zero-order chi connectivity index (χ0) is 39.2. The molecule has 1 aliphatic carbocycles. The van der Waals surface area contributed by atoms with Gasteiger partial charge in [0.1, 0.15) is 63.7 Å². The molecule has 0 aromatic carbocycles. The van der Waals surface area contributed by atoms with Gasteiger partial charge in [-0.2, -0.15) is 0 Å².